The lowest BCUT2D eigenvalue weighted by Gasteiger charge is -2.35. The molecule has 0 saturated heterocycles. The molecule has 1 rings (SSSR count). The zero-order chi connectivity index (χ0) is 10.6. The standard InChI is InChI=1S/C11H16O3/c1-9(12)8-10-6-4-5-7-11(10,13-2)14-3/h4-7,10H,8H2,1-3H3. The summed E-state index contributed by atoms with van der Waals surface area (Å²) in [7, 11) is 3.17. The molecule has 0 aromatic carbocycles. The van der Waals surface area contributed by atoms with Crippen LogP contribution in [0.5, 0.6) is 0 Å². The predicted octanol–water partition coefficient (Wildman–Crippen LogP) is 1.70. The SMILES string of the molecule is COC1(OC)C=CC=CC1CC(C)=O. The van der Waals surface area contributed by atoms with Gasteiger partial charge in [0.05, 0.1) is 0 Å². The lowest BCUT2D eigenvalue weighted by Crippen LogP contribution is -2.41. The Bertz CT molecular complexity index is 262. The number of carbonyl (C=O) groups excluding carboxylic acids is 1. The minimum absolute atomic E-state index is 0.0417. The molecule has 3 nitrogen and oxygen atoms in total. The fourth-order valence-electron chi connectivity index (χ4n) is 1.69. The zero-order valence-corrected chi connectivity index (χ0v) is 8.82. The molecule has 3 heteroatoms. The second-order valence-electron chi connectivity index (χ2n) is 3.39. The van der Waals surface area contributed by atoms with Gasteiger partial charge in [-0.3, -0.25) is 0 Å². The summed E-state index contributed by atoms with van der Waals surface area (Å²) in [6, 6.07) is 0. The third kappa shape index (κ3) is 2.11. The average molecular weight is 196 g/mol. The number of ether oxygens (including phenoxy) is 2. The molecule has 1 unspecified atom stereocenters. The molecule has 78 valence electrons. The van der Waals surface area contributed by atoms with Crippen LogP contribution < -0.4 is 0 Å². The van der Waals surface area contributed by atoms with Crippen molar-refractivity contribution in [2.45, 2.75) is 19.1 Å². The Labute approximate surface area is 84.4 Å². The van der Waals surface area contributed by atoms with E-state index >= 15 is 0 Å². The monoisotopic (exact) mass is 196 g/mol. The zero-order valence-electron chi connectivity index (χ0n) is 8.82. The molecule has 1 atom stereocenters. The summed E-state index contributed by atoms with van der Waals surface area (Å²) in [6.07, 6.45) is 7.98. The van der Waals surface area contributed by atoms with Gasteiger partial charge in [0.15, 0.2) is 5.79 Å². The second-order valence-corrected chi connectivity index (χ2v) is 3.39. The van der Waals surface area contributed by atoms with Gasteiger partial charge in [0.2, 0.25) is 0 Å². The highest BCUT2D eigenvalue weighted by atomic mass is 16.7. The third-order valence-corrected chi connectivity index (χ3v) is 2.45. The topological polar surface area (TPSA) is 35.5 Å². The minimum Gasteiger partial charge on any atom is -0.349 e. The highest BCUT2D eigenvalue weighted by Gasteiger charge is 2.37. The van der Waals surface area contributed by atoms with Crippen LogP contribution in [-0.4, -0.2) is 25.8 Å². The van der Waals surface area contributed by atoms with Crippen molar-refractivity contribution in [3.05, 3.63) is 24.3 Å². The number of ketones is 1. The van der Waals surface area contributed by atoms with Crippen molar-refractivity contribution in [1.82, 2.24) is 0 Å². The van der Waals surface area contributed by atoms with Crippen LogP contribution in [-0.2, 0) is 14.3 Å². The lowest BCUT2D eigenvalue weighted by atomic mass is 9.89. The van der Waals surface area contributed by atoms with E-state index in [4.69, 9.17) is 9.47 Å². The van der Waals surface area contributed by atoms with Gasteiger partial charge in [-0.15, -0.1) is 0 Å². The molecule has 0 aliphatic heterocycles. The molecule has 0 radical (unpaired) electrons. The first-order valence-electron chi connectivity index (χ1n) is 4.60. The summed E-state index contributed by atoms with van der Waals surface area (Å²) >= 11 is 0. The van der Waals surface area contributed by atoms with E-state index < -0.39 is 5.79 Å². The van der Waals surface area contributed by atoms with Crippen LogP contribution in [0.1, 0.15) is 13.3 Å². The van der Waals surface area contributed by atoms with Gasteiger partial charge in [-0.05, 0) is 13.0 Å². The van der Waals surface area contributed by atoms with E-state index in [0.29, 0.717) is 6.42 Å². The van der Waals surface area contributed by atoms with Crippen LogP contribution in [0.4, 0.5) is 0 Å². The molecule has 0 saturated carbocycles. The number of hydrogen-bond acceptors (Lipinski definition) is 3. The molecule has 0 aromatic rings. The maximum atomic E-state index is 11.1. The van der Waals surface area contributed by atoms with Crippen molar-refractivity contribution in [2.75, 3.05) is 14.2 Å². The molecule has 0 spiro atoms. The second kappa shape index (κ2) is 4.53. The largest absolute Gasteiger partial charge is 0.349 e. The minimum atomic E-state index is -0.777. The first kappa shape index (κ1) is 11.1. The first-order chi connectivity index (χ1) is 6.64. The molecule has 0 fully saturated rings. The van der Waals surface area contributed by atoms with Gasteiger partial charge >= 0.3 is 0 Å². The van der Waals surface area contributed by atoms with E-state index in [0.717, 1.165) is 0 Å². The Kier molecular flexibility index (Phi) is 3.61. The Morgan fingerprint density at radius 2 is 2.00 bits per heavy atom. The van der Waals surface area contributed by atoms with E-state index in [1.807, 2.05) is 24.3 Å². The maximum absolute atomic E-state index is 11.1. The van der Waals surface area contributed by atoms with E-state index in [-0.39, 0.29) is 11.7 Å². The van der Waals surface area contributed by atoms with Gasteiger partial charge in [-0.1, -0.05) is 18.2 Å². The van der Waals surface area contributed by atoms with Gasteiger partial charge in [-0.2, -0.15) is 0 Å². The fourth-order valence-corrected chi connectivity index (χ4v) is 1.69. The maximum Gasteiger partial charge on any atom is 0.194 e. The quantitative estimate of drug-likeness (QED) is 0.642. The fraction of sp³-hybridized carbons (Fsp3) is 0.545. The van der Waals surface area contributed by atoms with Crippen molar-refractivity contribution in [3.63, 3.8) is 0 Å². The van der Waals surface area contributed by atoms with E-state index in [9.17, 15) is 4.79 Å². The van der Waals surface area contributed by atoms with Crippen molar-refractivity contribution < 1.29 is 14.3 Å². The number of methoxy groups -OCH3 is 2. The van der Waals surface area contributed by atoms with Gasteiger partial charge in [0, 0.05) is 26.6 Å². The Morgan fingerprint density at radius 3 is 2.50 bits per heavy atom. The van der Waals surface area contributed by atoms with Gasteiger partial charge in [-0.25, -0.2) is 0 Å². The highest BCUT2D eigenvalue weighted by molar-refractivity contribution is 5.76. The molecule has 14 heavy (non-hydrogen) atoms. The van der Waals surface area contributed by atoms with Crippen molar-refractivity contribution in [3.8, 4) is 0 Å². The average Bonchev–Trinajstić information content (AvgIpc) is 2.18. The molecule has 1 aliphatic carbocycles. The van der Waals surface area contributed by atoms with Crippen LogP contribution >= 0.6 is 0 Å². The lowest BCUT2D eigenvalue weighted by molar-refractivity contribution is -0.196. The first-order valence-corrected chi connectivity index (χ1v) is 4.60. The summed E-state index contributed by atoms with van der Waals surface area (Å²) in [5.74, 6) is -0.686. The summed E-state index contributed by atoms with van der Waals surface area (Å²) in [6.45, 7) is 1.57. The van der Waals surface area contributed by atoms with Gasteiger partial charge < -0.3 is 14.3 Å². The molecule has 0 heterocycles. The molecule has 0 bridgehead atoms. The van der Waals surface area contributed by atoms with E-state index in [1.54, 1.807) is 21.1 Å². The number of hydrogen-bond donors (Lipinski definition) is 0. The molecule has 0 aromatic heterocycles. The third-order valence-electron chi connectivity index (χ3n) is 2.45. The number of Topliss-reactive ketones (excluding diaryl/α,β-unsaturated/α-hetero) is 1. The van der Waals surface area contributed by atoms with E-state index in [2.05, 4.69) is 0 Å². The van der Waals surface area contributed by atoms with Crippen molar-refractivity contribution >= 4 is 5.78 Å². The normalized spacial score (nSPS) is 23.8. The molecule has 0 N–H and O–H groups in total. The number of carbonyl (C=O) groups is 1. The van der Waals surface area contributed by atoms with Gasteiger partial charge in [0.1, 0.15) is 5.78 Å². The molecular weight excluding hydrogens is 180 g/mol. The smallest absolute Gasteiger partial charge is 0.194 e. The Morgan fingerprint density at radius 1 is 1.36 bits per heavy atom. The molecular formula is C11H16O3. The Balaban J connectivity index is 2.84. The summed E-state index contributed by atoms with van der Waals surface area (Å²) in [4.78, 5) is 11.1. The van der Waals surface area contributed by atoms with Crippen molar-refractivity contribution in [2.24, 2.45) is 5.92 Å². The predicted molar refractivity (Wildman–Crippen MR) is 53.8 cm³/mol. The number of allylic oxidation sites excluding steroid dienone is 2. The van der Waals surface area contributed by atoms with E-state index in [1.165, 1.54) is 0 Å². The highest BCUT2D eigenvalue weighted by Crippen LogP contribution is 2.31. The number of rotatable bonds is 4. The van der Waals surface area contributed by atoms with Crippen molar-refractivity contribution in [1.29, 1.82) is 0 Å². The molecule has 0 amide bonds. The Hall–Kier alpha value is -0.930. The van der Waals surface area contributed by atoms with Crippen LogP contribution in [0.3, 0.4) is 0 Å². The summed E-state index contributed by atoms with van der Waals surface area (Å²) in [5.41, 5.74) is 0. The van der Waals surface area contributed by atoms with Crippen LogP contribution in [0, 0.1) is 5.92 Å². The van der Waals surface area contributed by atoms with Crippen LogP contribution in [0.25, 0.3) is 0 Å². The molecule has 1 aliphatic rings. The van der Waals surface area contributed by atoms with Crippen LogP contribution in [0.2, 0.25) is 0 Å². The van der Waals surface area contributed by atoms with Crippen LogP contribution in [0.15, 0.2) is 24.3 Å². The summed E-state index contributed by atoms with van der Waals surface area (Å²) < 4.78 is 10.7. The van der Waals surface area contributed by atoms with Gasteiger partial charge in [0.25, 0.3) is 0 Å². The summed E-state index contributed by atoms with van der Waals surface area (Å²) in [5, 5.41) is 0.